The Kier molecular flexibility index (Phi) is 8.16. The van der Waals surface area contributed by atoms with Gasteiger partial charge in [-0.1, -0.05) is 18.6 Å². The van der Waals surface area contributed by atoms with Crippen LogP contribution < -0.4 is 10.2 Å². The molecule has 0 spiro atoms. The standard InChI is InChI=1S/C31H36FN5O2/c1-34-31(25-4-2-5-26(32)16-25,28-6-3-7-29(28)35-30(39)21-38)24-12-14-36(15-13-24)18-23-19-37(20-23)27-10-8-22(17-33)9-11-27/h2,4-5,8-11,16,23-24,28-29,38H,3,6-7,12-15,18-21H2,(H,35,39)/t28-,29-,31+/m0/s1. The lowest BCUT2D eigenvalue weighted by Gasteiger charge is -2.46. The van der Waals surface area contributed by atoms with Crippen molar-refractivity contribution in [1.29, 1.82) is 5.26 Å². The smallest absolute Gasteiger partial charge is 0.265 e. The Bertz CT molecular complexity index is 1240. The summed E-state index contributed by atoms with van der Waals surface area (Å²) in [6, 6.07) is 16.2. The molecule has 0 unspecified atom stereocenters. The van der Waals surface area contributed by atoms with Gasteiger partial charge < -0.3 is 25.1 Å². The van der Waals surface area contributed by atoms with E-state index in [-0.39, 0.29) is 23.7 Å². The number of rotatable bonds is 8. The van der Waals surface area contributed by atoms with Crippen molar-refractivity contribution in [3.63, 3.8) is 0 Å². The maximum absolute atomic E-state index is 14.5. The third-order valence-corrected chi connectivity index (χ3v) is 9.09. The van der Waals surface area contributed by atoms with Crippen LogP contribution in [0.2, 0.25) is 0 Å². The third-order valence-electron chi connectivity index (χ3n) is 9.09. The second-order valence-electron chi connectivity index (χ2n) is 11.3. The number of nitriles is 1. The maximum atomic E-state index is 14.5. The third kappa shape index (κ3) is 5.50. The lowest BCUT2D eigenvalue weighted by atomic mass is 9.65. The lowest BCUT2D eigenvalue weighted by molar-refractivity contribution is -0.125. The van der Waals surface area contributed by atoms with Crippen molar-refractivity contribution < 1.29 is 14.3 Å². The molecule has 2 heterocycles. The van der Waals surface area contributed by atoms with Gasteiger partial charge in [-0.2, -0.15) is 5.26 Å². The fourth-order valence-corrected chi connectivity index (χ4v) is 7.20. The van der Waals surface area contributed by atoms with E-state index in [1.54, 1.807) is 6.07 Å². The zero-order valence-electron chi connectivity index (χ0n) is 22.2. The van der Waals surface area contributed by atoms with Crippen LogP contribution in [0, 0.1) is 41.5 Å². The minimum atomic E-state index is -0.916. The summed E-state index contributed by atoms with van der Waals surface area (Å²) in [5.41, 5.74) is 1.62. The zero-order chi connectivity index (χ0) is 27.4. The average Bonchev–Trinajstić information content (AvgIpc) is 3.40. The Hall–Kier alpha value is -3.46. The van der Waals surface area contributed by atoms with Gasteiger partial charge in [0.2, 0.25) is 5.91 Å². The number of amides is 1. The first-order valence-corrected chi connectivity index (χ1v) is 14.0. The molecule has 3 aliphatic rings. The summed E-state index contributed by atoms with van der Waals surface area (Å²) in [6.07, 6.45) is 4.15. The summed E-state index contributed by atoms with van der Waals surface area (Å²) in [5, 5.41) is 21.3. The average molecular weight is 530 g/mol. The number of benzene rings is 2. The first-order valence-electron chi connectivity index (χ1n) is 14.0. The van der Waals surface area contributed by atoms with Crippen molar-refractivity contribution in [3.8, 4) is 6.07 Å². The SMILES string of the molecule is [C-]#[N+][C@@](c1cccc(F)c1)(C1CCN(CC2CN(c3ccc(C#N)cc3)C2)CC1)[C@H]1CCC[C@@H]1NC(=O)CO. The van der Waals surface area contributed by atoms with Crippen LogP contribution in [0.25, 0.3) is 4.85 Å². The predicted octanol–water partition coefficient (Wildman–Crippen LogP) is 3.94. The molecule has 1 aliphatic carbocycles. The van der Waals surface area contributed by atoms with Crippen LogP contribution in [0.15, 0.2) is 48.5 Å². The van der Waals surface area contributed by atoms with Gasteiger partial charge in [-0.05, 0) is 75.2 Å². The first kappa shape index (κ1) is 27.1. The fourth-order valence-electron chi connectivity index (χ4n) is 7.20. The molecule has 2 saturated heterocycles. The van der Waals surface area contributed by atoms with Crippen molar-refractivity contribution in [3.05, 3.63) is 76.9 Å². The van der Waals surface area contributed by atoms with E-state index in [9.17, 15) is 14.3 Å². The summed E-state index contributed by atoms with van der Waals surface area (Å²) in [7, 11) is 0. The number of anilines is 1. The Morgan fingerprint density at radius 2 is 1.90 bits per heavy atom. The van der Waals surface area contributed by atoms with E-state index in [2.05, 4.69) is 26.0 Å². The van der Waals surface area contributed by atoms with Crippen LogP contribution in [0.3, 0.4) is 0 Å². The number of hydrogen-bond acceptors (Lipinski definition) is 5. The number of nitrogens with zero attached hydrogens (tertiary/aromatic N) is 4. The van der Waals surface area contributed by atoms with Gasteiger partial charge in [-0.25, -0.2) is 11.0 Å². The van der Waals surface area contributed by atoms with Crippen molar-refractivity contribution >= 4 is 11.6 Å². The number of piperidine rings is 1. The molecule has 204 valence electrons. The highest BCUT2D eigenvalue weighted by molar-refractivity contribution is 5.77. The van der Waals surface area contributed by atoms with Gasteiger partial charge in [-0.3, -0.25) is 4.79 Å². The summed E-state index contributed by atoms with van der Waals surface area (Å²) in [5.74, 6) is -0.254. The van der Waals surface area contributed by atoms with Crippen molar-refractivity contribution in [2.75, 3.05) is 44.2 Å². The van der Waals surface area contributed by atoms with Gasteiger partial charge in [0.05, 0.1) is 17.6 Å². The monoisotopic (exact) mass is 529 g/mol. The van der Waals surface area contributed by atoms with Crippen LogP contribution in [0.4, 0.5) is 10.1 Å². The molecule has 8 heteroatoms. The Morgan fingerprint density at radius 3 is 2.54 bits per heavy atom. The number of carbonyl (C=O) groups is 1. The minimum Gasteiger partial charge on any atom is -0.387 e. The van der Waals surface area contributed by atoms with Crippen LogP contribution in [0.1, 0.15) is 43.2 Å². The van der Waals surface area contributed by atoms with Gasteiger partial charge in [0.15, 0.2) is 0 Å². The highest BCUT2D eigenvalue weighted by atomic mass is 19.1. The van der Waals surface area contributed by atoms with Gasteiger partial charge >= 0.3 is 0 Å². The summed E-state index contributed by atoms with van der Waals surface area (Å²) >= 11 is 0. The summed E-state index contributed by atoms with van der Waals surface area (Å²) in [4.78, 5) is 21.2. The Balaban J connectivity index is 1.26. The van der Waals surface area contributed by atoms with Gasteiger partial charge in [0, 0.05) is 48.8 Å². The summed E-state index contributed by atoms with van der Waals surface area (Å²) < 4.78 is 14.5. The van der Waals surface area contributed by atoms with Crippen LogP contribution in [-0.2, 0) is 10.3 Å². The quantitative estimate of drug-likeness (QED) is 0.506. The maximum Gasteiger partial charge on any atom is 0.265 e. The van der Waals surface area contributed by atoms with E-state index >= 15 is 0 Å². The topological polar surface area (TPSA) is 84.0 Å². The van der Waals surface area contributed by atoms with E-state index in [1.165, 1.54) is 12.1 Å². The number of halogens is 1. The molecular weight excluding hydrogens is 493 g/mol. The Morgan fingerprint density at radius 1 is 1.15 bits per heavy atom. The van der Waals surface area contributed by atoms with Crippen molar-refractivity contribution in [1.82, 2.24) is 10.2 Å². The molecule has 39 heavy (non-hydrogen) atoms. The van der Waals surface area contributed by atoms with Crippen molar-refractivity contribution in [2.45, 2.75) is 43.7 Å². The highest BCUT2D eigenvalue weighted by Crippen LogP contribution is 2.51. The molecular formula is C31H36FN5O2. The normalized spacial score (nSPS) is 23.8. The predicted molar refractivity (Wildman–Crippen MR) is 147 cm³/mol. The van der Waals surface area contributed by atoms with Gasteiger partial charge in [0.1, 0.15) is 12.4 Å². The lowest BCUT2D eigenvalue weighted by Crippen LogP contribution is -2.54. The van der Waals surface area contributed by atoms with Crippen LogP contribution in [-0.4, -0.2) is 61.3 Å². The fraction of sp³-hybridized carbons (Fsp3) is 0.516. The molecule has 0 aromatic heterocycles. The largest absolute Gasteiger partial charge is 0.387 e. The second kappa shape index (κ2) is 11.7. The first-order chi connectivity index (χ1) is 19.0. The molecule has 1 amide bonds. The molecule has 3 atom stereocenters. The number of hydrogen-bond donors (Lipinski definition) is 2. The molecule has 0 bridgehead atoms. The molecule has 2 aliphatic heterocycles. The molecule has 2 aromatic carbocycles. The number of likely N-dealkylation sites (tertiary alicyclic amines) is 1. The molecule has 2 aromatic rings. The van der Waals surface area contributed by atoms with Gasteiger partial charge in [-0.15, -0.1) is 0 Å². The van der Waals surface area contributed by atoms with E-state index < -0.39 is 18.1 Å². The van der Waals surface area contributed by atoms with Crippen molar-refractivity contribution in [2.24, 2.45) is 17.8 Å². The highest BCUT2D eigenvalue weighted by Gasteiger charge is 2.58. The number of aliphatic hydroxyl groups is 1. The van der Waals surface area contributed by atoms with E-state index in [4.69, 9.17) is 11.8 Å². The molecule has 2 N–H and O–H groups in total. The summed E-state index contributed by atoms with van der Waals surface area (Å²) in [6.45, 7) is 12.7. The minimum absolute atomic E-state index is 0.0567. The molecule has 3 fully saturated rings. The number of aliphatic hydroxyl groups excluding tert-OH is 1. The van der Waals surface area contributed by atoms with Crippen LogP contribution in [0.5, 0.6) is 0 Å². The molecule has 1 saturated carbocycles. The molecule has 5 rings (SSSR count). The second-order valence-corrected chi connectivity index (χ2v) is 11.3. The number of carbonyl (C=O) groups excluding carboxylic acids is 1. The molecule has 7 nitrogen and oxygen atoms in total. The van der Waals surface area contributed by atoms with Gasteiger partial charge in [0.25, 0.3) is 5.54 Å². The van der Waals surface area contributed by atoms with E-state index in [1.807, 2.05) is 30.3 Å². The zero-order valence-corrected chi connectivity index (χ0v) is 22.2. The van der Waals surface area contributed by atoms with E-state index in [0.717, 1.165) is 70.5 Å². The Labute approximate surface area is 230 Å². The number of nitrogens with one attached hydrogen (secondary N) is 1. The van der Waals surface area contributed by atoms with E-state index in [0.29, 0.717) is 17.0 Å². The van der Waals surface area contributed by atoms with Crippen LogP contribution >= 0.6 is 0 Å². The molecule has 0 radical (unpaired) electrons.